The van der Waals surface area contributed by atoms with Crippen LogP contribution in [0.25, 0.3) is 0 Å². The van der Waals surface area contributed by atoms with E-state index < -0.39 is 0 Å². The molecule has 2 N–H and O–H groups in total. The second kappa shape index (κ2) is 7.20. The second-order valence-corrected chi connectivity index (χ2v) is 5.00. The zero-order chi connectivity index (χ0) is 11.1. The summed E-state index contributed by atoms with van der Waals surface area (Å²) in [5.41, 5.74) is 5.50. The minimum Gasteiger partial charge on any atom is -0.330 e. The molecule has 3 heteroatoms. The molecule has 0 amide bonds. The van der Waals surface area contributed by atoms with Gasteiger partial charge in [-0.15, -0.1) is 0 Å². The van der Waals surface area contributed by atoms with Gasteiger partial charge in [0.05, 0.1) is 0 Å². The molecule has 1 atom stereocenters. The van der Waals surface area contributed by atoms with Gasteiger partial charge in [0.25, 0.3) is 0 Å². The van der Waals surface area contributed by atoms with Crippen molar-refractivity contribution in [3.8, 4) is 0 Å². The zero-order valence-electron chi connectivity index (χ0n) is 10.4. The van der Waals surface area contributed by atoms with E-state index in [9.17, 15) is 0 Å². The van der Waals surface area contributed by atoms with Crippen LogP contribution in [0.3, 0.4) is 0 Å². The van der Waals surface area contributed by atoms with Crippen LogP contribution in [0.4, 0.5) is 0 Å². The zero-order valence-corrected chi connectivity index (χ0v) is 10.4. The van der Waals surface area contributed by atoms with Crippen LogP contribution in [-0.2, 0) is 0 Å². The first kappa shape index (κ1) is 12.9. The van der Waals surface area contributed by atoms with Gasteiger partial charge in [0.15, 0.2) is 0 Å². The third-order valence-corrected chi connectivity index (χ3v) is 3.39. The van der Waals surface area contributed by atoms with Gasteiger partial charge in [-0.3, -0.25) is 0 Å². The maximum absolute atomic E-state index is 5.50. The Balaban J connectivity index is 2.07. The first-order chi connectivity index (χ1) is 7.22. The van der Waals surface area contributed by atoms with E-state index in [0.29, 0.717) is 0 Å². The van der Waals surface area contributed by atoms with Crippen molar-refractivity contribution in [2.24, 2.45) is 11.7 Å². The number of hydrogen-bond acceptors (Lipinski definition) is 3. The van der Waals surface area contributed by atoms with Crippen LogP contribution < -0.4 is 5.73 Å². The fraction of sp³-hybridized carbons (Fsp3) is 1.00. The van der Waals surface area contributed by atoms with Crippen molar-refractivity contribution in [3.05, 3.63) is 0 Å². The lowest BCUT2D eigenvalue weighted by Gasteiger charge is -2.30. The maximum atomic E-state index is 5.50. The smallest absolute Gasteiger partial charge is 0.000709 e. The van der Waals surface area contributed by atoms with Gasteiger partial charge in [0.2, 0.25) is 0 Å². The highest BCUT2D eigenvalue weighted by Gasteiger charge is 2.16. The Morgan fingerprint density at radius 3 is 2.87 bits per heavy atom. The van der Waals surface area contributed by atoms with Gasteiger partial charge in [-0.05, 0) is 71.9 Å². The van der Waals surface area contributed by atoms with E-state index in [-0.39, 0.29) is 0 Å². The van der Waals surface area contributed by atoms with Crippen molar-refractivity contribution in [3.63, 3.8) is 0 Å². The van der Waals surface area contributed by atoms with Crippen LogP contribution in [0.5, 0.6) is 0 Å². The van der Waals surface area contributed by atoms with Crippen molar-refractivity contribution in [2.75, 3.05) is 46.8 Å². The van der Waals surface area contributed by atoms with E-state index in [1.807, 2.05) is 0 Å². The molecule has 1 rings (SSSR count). The highest BCUT2D eigenvalue weighted by Crippen LogP contribution is 2.18. The SMILES string of the molecule is CN(CCCN)CCC1CCCN(C)C1. The van der Waals surface area contributed by atoms with Crippen LogP contribution in [0.15, 0.2) is 0 Å². The van der Waals surface area contributed by atoms with Gasteiger partial charge in [0.1, 0.15) is 0 Å². The molecule has 1 heterocycles. The molecule has 0 saturated carbocycles. The van der Waals surface area contributed by atoms with Crippen molar-refractivity contribution < 1.29 is 0 Å². The molecule has 3 nitrogen and oxygen atoms in total. The maximum Gasteiger partial charge on any atom is 0.000709 e. The predicted molar refractivity (Wildman–Crippen MR) is 66.0 cm³/mol. The summed E-state index contributed by atoms with van der Waals surface area (Å²) in [6, 6.07) is 0. The average Bonchev–Trinajstić information content (AvgIpc) is 2.23. The summed E-state index contributed by atoms with van der Waals surface area (Å²) in [6.07, 6.45) is 5.29. The fourth-order valence-electron chi connectivity index (χ4n) is 2.38. The molecule has 15 heavy (non-hydrogen) atoms. The van der Waals surface area contributed by atoms with Gasteiger partial charge >= 0.3 is 0 Å². The highest BCUT2D eigenvalue weighted by molar-refractivity contribution is 4.71. The Morgan fingerprint density at radius 2 is 2.20 bits per heavy atom. The third kappa shape index (κ3) is 5.50. The molecule has 0 aliphatic carbocycles. The Kier molecular flexibility index (Phi) is 6.22. The number of rotatable bonds is 6. The topological polar surface area (TPSA) is 32.5 Å². The summed E-state index contributed by atoms with van der Waals surface area (Å²) >= 11 is 0. The van der Waals surface area contributed by atoms with Gasteiger partial charge in [-0.2, -0.15) is 0 Å². The van der Waals surface area contributed by atoms with Crippen LogP contribution in [0.2, 0.25) is 0 Å². The van der Waals surface area contributed by atoms with E-state index in [1.165, 1.54) is 38.9 Å². The lowest BCUT2D eigenvalue weighted by Crippen LogP contribution is -2.34. The molecule has 1 saturated heterocycles. The fourth-order valence-corrected chi connectivity index (χ4v) is 2.38. The Hall–Kier alpha value is -0.120. The Labute approximate surface area is 94.6 Å². The number of piperidine rings is 1. The third-order valence-electron chi connectivity index (χ3n) is 3.39. The molecule has 1 fully saturated rings. The number of nitrogens with zero attached hydrogens (tertiary/aromatic N) is 2. The number of likely N-dealkylation sites (tertiary alicyclic amines) is 1. The van der Waals surface area contributed by atoms with Crippen molar-refractivity contribution >= 4 is 0 Å². The normalized spacial score (nSPS) is 23.6. The predicted octanol–water partition coefficient (Wildman–Crippen LogP) is 0.999. The van der Waals surface area contributed by atoms with E-state index in [0.717, 1.165) is 25.4 Å². The summed E-state index contributed by atoms with van der Waals surface area (Å²) in [6.45, 7) is 5.79. The number of nitrogens with two attached hydrogens (primary N) is 1. The molecule has 0 aromatic carbocycles. The lowest BCUT2D eigenvalue weighted by atomic mass is 9.95. The van der Waals surface area contributed by atoms with Crippen molar-refractivity contribution in [2.45, 2.75) is 25.7 Å². The van der Waals surface area contributed by atoms with Crippen LogP contribution >= 0.6 is 0 Å². The van der Waals surface area contributed by atoms with Gasteiger partial charge < -0.3 is 15.5 Å². The summed E-state index contributed by atoms with van der Waals surface area (Å²) in [7, 11) is 4.45. The van der Waals surface area contributed by atoms with E-state index in [1.54, 1.807) is 0 Å². The van der Waals surface area contributed by atoms with Gasteiger partial charge in [0, 0.05) is 6.54 Å². The largest absolute Gasteiger partial charge is 0.330 e. The number of hydrogen-bond donors (Lipinski definition) is 1. The molecule has 1 unspecified atom stereocenters. The molecule has 0 aromatic heterocycles. The molecule has 90 valence electrons. The quantitative estimate of drug-likeness (QED) is 0.714. The monoisotopic (exact) mass is 213 g/mol. The average molecular weight is 213 g/mol. The summed E-state index contributed by atoms with van der Waals surface area (Å²) in [4.78, 5) is 4.88. The summed E-state index contributed by atoms with van der Waals surface area (Å²) < 4.78 is 0. The first-order valence-electron chi connectivity index (χ1n) is 6.29. The highest BCUT2D eigenvalue weighted by atomic mass is 15.1. The molecule has 1 aliphatic rings. The summed E-state index contributed by atoms with van der Waals surface area (Å²) in [5, 5.41) is 0. The molecule has 0 bridgehead atoms. The van der Waals surface area contributed by atoms with Crippen LogP contribution in [0, 0.1) is 5.92 Å². The molecule has 0 aromatic rings. The Bertz CT molecular complexity index is 161. The molecule has 1 aliphatic heterocycles. The van der Waals surface area contributed by atoms with Crippen molar-refractivity contribution in [1.82, 2.24) is 9.80 Å². The minimum atomic E-state index is 0.816. The van der Waals surface area contributed by atoms with Crippen molar-refractivity contribution in [1.29, 1.82) is 0 Å². The van der Waals surface area contributed by atoms with Gasteiger partial charge in [-0.1, -0.05) is 0 Å². The Morgan fingerprint density at radius 1 is 1.40 bits per heavy atom. The minimum absolute atomic E-state index is 0.816. The van der Waals surface area contributed by atoms with Gasteiger partial charge in [-0.25, -0.2) is 0 Å². The lowest BCUT2D eigenvalue weighted by molar-refractivity contribution is 0.185. The van der Waals surface area contributed by atoms with E-state index in [4.69, 9.17) is 5.73 Å². The molecule has 0 spiro atoms. The molecule has 0 radical (unpaired) electrons. The molecular formula is C12H27N3. The molecular weight excluding hydrogens is 186 g/mol. The standard InChI is InChI=1S/C12H27N3/c1-14(9-4-7-13)10-6-12-5-3-8-15(2)11-12/h12H,3-11,13H2,1-2H3. The second-order valence-electron chi connectivity index (χ2n) is 5.00. The van der Waals surface area contributed by atoms with E-state index >= 15 is 0 Å². The van der Waals surface area contributed by atoms with E-state index in [2.05, 4.69) is 23.9 Å². The first-order valence-corrected chi connectivity index (χ1v) is 6.29. The van der Waals surface area contributed by atoms with Crippen LogP contribution in [-0.4, -0.2) is 56.6 Å². The summed E-state index contributed by atoms with van der Waals surface area (Å²) in [5.74, 6) is 0.920. The van der Waals surface area contributed by atoms with Crippen LogP contribution in [0.1, 0.15) is 25.7 Å².